The molecular formula is C70H135N2O6P. The molecule has 0 saturated carbocycles. The van der Waals surface area contributed by atoms with Gasteiger partial charge in [-0.3, -0.25) is 9.36 Å². The number of hydrogen-bond acceptors (Lipinski definition) is 6. The Hall–Kier alpha value is -1.54. The summed E-state index contributed by atoms with van der Waals surface area (Å²) in [4.78, 5) is 25.6. The van der Waals surface area contributed by atoms with Crippen LogP contribution in [-0.4, -0.2) is 68.5 Å². The number of rotatable bonds is 64. The van der Waals surface area contributed by atoms with E-state index in [9.17, 15) is 19.4 Å². The minimum Gasteiger partial charge on any atom is -0.756 e. The lowest BCUT2D eigenvalue weighted by atomic mass is 10.0. The second kappa shape index (κ2) is 61.0. The average Bonchev–Trinajstić information content (AvgIpc) is 3.42. The number of allylic oxidation sites excluding steroid dienone is 7. The molecule has 0 aromatic heterocycles. The topological polar surface area (TPSA) is 108 Å². The first kappa shape index (κ1) is 77.5. The van der Waals surface area contributed by atoms with Crippen LogP contribution < -0.4 is 10.2 Å². The molecule has 0 spiro atoms. The molecule has 0 aromatic rings. The summed E-state index contributed by atoms with van der Waals surface area (Å²) in [5.41, 5.74) is 0. The summed E-state index contributed by atoms with van der Waals surface area (Å²) in [5.74, 6) is -0.195. The molecular weight excluding hydrogens is 996 g/mol. The highest BCUT2D eigenvalue weighted by atomic mass is 31.2. The van der Waals surface area contributed by atoms with Gasteiger partial charge in [0.05, 0.1) is 39.9 Å². The molecule has 0 saturated heterocycles. The Labute approximate surface area is 492 Å². The first-order valence-electron chi connectivity index (χ1n) is 34.5. The predicted octanol–water partition coefficient (Wildman–Crippen LogP) is 21.2. The lowest BCUT2D eigenvalue weighted by Gasteiger charge is -2.29. The normalized spacial score (nSPS) is 14.0. The summed E-state index contributed by atoms with van der Waals surface area (Å²) in [6.45, 7) is 4.68. The Morgan fingerprint density at radius 3 is 1.06 bits per heavy atom. The number of hydrogen-bond donors (Lipinski definition) is 2. The van der Waals surface area contributed by atoms with Crippen molar-refractivity contribution in [3.05, 3.63) is 48.6 Å². The Morgan fingerprint density at radius 1 is 0.443 bits per heavy atom. The van der Waals surface area contributed by atoms with Crippen LogP contribution in [0.1, 0.15) is 341 Å². The van der Waals surface area contributed by atoms with Crippen LogP contribution in [0, 0.1) is 0 Å². The van der Waals surface area contributed by atoms with E-state index >= 15 is 0 Å². The molecule has 1 amide bonds. The molecule has 0 aliphatic rings. The van der Waals surface area contributed by atoms with Crippen molar-refractivity contribution in [1.29, 1.82) is 0 Å². The van der Waals surface area contributed by atoms with E-state index < -0.39 is 20.0 Å². The molecule has 0 rings (SSSR count). The van der Waals surface area contributed by atoms with E-state index in [0.717, 1.165) is 51.4 Å². The lowest BCUT2D eigenvalue weighted by Crippen LogP contribution is -2.45. The zero-order valence-electron chi connectivity index (χ0n) is 53.3. The number of unbranched alkanes of at least 4 members (excludes halogenated alkanes) is 45. The number of quaternary nitrogens is 1. The molecule has 0 aliphatic heterocycles. The second-order valence-corrected chi connectivity index (χ2v) is 26.3. The van der Waals surface area contributed by atoms with Gasteiger partial charge in [-0.15, -0.1) is 0 Å². The van der Waals surface area contributed by atoms with E-state index in [0.29, 0.717) is 17.4 Å². The maximum Gasteiger partial charge on any atom is 0.268 e. The van der Waals surface area contributed by atoms with E-state index in [2.05, 4.69) is 55.6 Å². The van der Waals surface area contributed by atoms with Crippen LogP contribution in [0.4, 0.5) is 0 Å². The van der Waals surface area contributed by atoms with Crippen molar-refractivity contribution >= 4 is 13.7 Å². The number of phosphoric acid groups is 1. The van der Waals surface area contributed by atoms with Crippen molar-refractivity contribution in [2.45, 2.75) is 353 Å². The van der Waals surface area contributed by atoms with E-state index in [1.165, 1.54) is 270 Å². The van der Waals surface area contributed by atoms with Crippen molar-refractivity contribution in [2.75, 3.05) is 40.9 Å². The van der Waals surface area contributed by atoms with Crippen LogP contribution in [0.3, 0.4) is 0 Å². The SMILES string of the molecule is CCCCCCC/C=C\C/C=C\C/C=C\CCCCCCCCCCCCCCC(=O)NC(COP(=O)([O-])OCC[N+](C)(C)C)C(O)/C=C/CCCCCCCCCCCCCCCCCCCCCCCCCCCCCC. The van der Waals surface area contributed by atoms with Crippen LogP contribution in [0.5, 0.6) is 0 Å². The summed E-state index contributed by atoms with van der Waals surface area (Å²) in [5, 5.41) is 14.0. The quantitative estimate of drug-likeness (QED) is 0.0272. The van der Waals surface area contributed by atoms with E-state index in [1.807, 2.05) is 27.2 Å². The number of nitrogens with one attached hydrogen (secondary N) is 1. The summed E-state index contributed by atoms with van der Waals surface area (Å²) in [6, 6.07) is -0.890. The van der Waals surface area contributed by atoms with Gasteiger partial charge in [-0.1, -0.05) is 326 Å². The molecule has 0 heterocycles. The second-order valence-electron chi connectivity index (χ2n) is 24.9. The highest BCUT2D eigenvalue weighted by Gasteiger charge is 2.23. The van der Waals surface area contributed by atoms with E-state index in [-0.39, 0.29) is 19.1 Å². The third kappa shape index (κ3) is 63.9. The number of aliphatic hydroxyl groups excluding tert-OH is 1. The van der Waals surface area contributed by atoms with Crippen molar-refractivity contribution in [1.82, 2.24) is 5.32 Å². The molecule has 466 valence electrons. The number of aliphatic hydroxyl groups is 1. The summed E-state index contributed by atoms with van der Waals surface area (Å²) in [7, 11) is 1.27. The van der Waals surface area contributed by atoms with E-state index in [4.69, 9.17) is 9.05 Å². The van der Waals surface area contributed by atoms with Gasteiger partial charge in [0.25, 0.3) is 7.82 Å². The summed E-state index contributed by atoms with van der Waals surface area (Å²) < 4.78 is 23.5. The lowest BCUT2D eigenvalue weighted by molar-refractivity contribution is -0.870. The van der Waals surface area contributed by atoms with Crippen LogP contribution >= 0.6 is 7.82 Å². The molecule has 3 atom stereocenters. The molecule has 9 heteroatoms. The standard InChI is InChI=1S/C70H135N2O6P/c1-6-8-10-12-14-16-18-20-22-24-26-28-30-32-34-35-36-38-39-41-43-45-47-49-51-53-55-57-59-61-63-69(73)68(67-78-79(75,76)77-66-65-72(3,4)5)71-70(74)64-62-60-58-56-54-52-50-48-46-44-42-40-37-33-31-29-27-25-23-21-19-17-15-13-11-9-7-2/h19,21,25,27,31,33,61,63,68-69,73H,6-18,20,22-24,26,28-30,32,34-60,62,64-67H2,1-5H3,(H-,71,74,75,76)/b21-19-,27-25-,33-31-,63-61+. The van der Waals surface area contributed by atoms with Gasteiger partial charge in [0.1, 0.15) is 13.2 Å². The highest BCUT2D eigenvalue weighted by Crippen LogP contribution is 2.38. The van der Waals surface area contributed by atoms with Gasteiger partial charge in [-0.25, -0.2) is 0 Å². The number of phosphoric ester groups is 1. The van der Waals surface area contributed by atoms with Crippen molar-refractivity contribution in [2.24, 2.45) is 0 Å². The van der Waals surface area contributed by atoms with Gasteiger partial charge >= 0.3 is 0 Å². The smallest absolute Gasteiger partial charge is 0.268 e. The fraction of sp³-hybridized carbons (Fsp3) is 0.871. The minimum absolute atomic E-state index is 0.00135. The van der Waals surface area contributed by atoms with Crippen LogP contribution in [0.25, 0.3) is 0 Å². The number of carbonyl (C=O) groups is 1. The number of likely N-dealkylation sites (N-methyl/N-ethyl adjacent to an activating group) is 1. The van der Waals surface area contributed by atoms with Crippen molar-refractivity contribution in [3.63, 3.8) is 0 Å². The molecule has 8 nitrogen and oxygen atoms in total. The van der Waals surface area contributed by atoms with Crippen molar-refractivity contribution < 1.29 is 32.9 Å². The van der Waals surface area contributed by atoms with Gasteiger partial charge in [-0.2, -0.15) is 0 Å². The number of amides is 1. The fourth-order valence-electron chi connectivity index (χ4n) is 10.4. The molecule has 0 fully saturated rings. The zero-order valence-corrected chi connectivity index (χ0v) is 54.2. The molecule has 0 aliphatic carbocycles. The van der Waals surface area contributed by atoms with Crippen molar-refractivity contribution in [3.8, 4) is 0 Å². The van der Waals surface area contributed by atoms with Gasteiger partial charge in [0, 0.05) is 6.42 Å². The Bertz CT molecular complexity index is 1430. The van der Waals surface area contributed by atoms with Gasteiger partial charge < -0.3 is 28.8 Å². The molecule has 79 heavy (non-hydrogen) atoms. The Kier molecular flexibility index (Phi) is 59.8. The molecule has 3 unspecified atom stereocenters. The van der Waals surface area contributed by atoms with E-state index in [1.54, 1.807) is 6.08 Å². The first-order valence-corrected chi connectivity index (χ1v) is 36.0. The third-order valence-corrected chi connectivity index (χ3v) is 16.7. The number of nitrogens with zero attached hydrogens (tertiary/aromatic N) is 1. The van der Waals surface area contributed by atoms with Crippen LogP contribution in [0.2, 0.25) is 0 Å². The molecule has 0 radical (unpaired) electrons. The van der Waals surface area contributed by atoms with Gasteiger partial charge in [0.15, 0.2) is 0 Å². The summed E-state index contributed by atoms with van der Waals surface area (Å²) >= 11 is 0. The first-order chi connectivity index (χ1) is 38.5. The van der Waals surface area contributed by atoms with Crippen LogP contribution in [0.15, 0.2) is 48.6 Å². The maximum atomic E-state index is 13.0. The molecule has 2 N–H and O–H groups in total. The maximum absolute atomic E-state index is 13.0. The van der Waals surface area contributed by atoms with Gasteiger partial charge in [0.2, 0.25) is 5.91 Å². The Morgan fingerprint density at radius 2 is 0.734 bits per heavy atom. The minimum atomic E-state index is -4.60. The summed E-state index contributed by atoms with van der Waals surface area (Å²) in [6.07, 6.45) is 82.2. The molecule has 0 bridgehead atoms. The monoisotopic (exact) mass is 1130 g/mol. The fourth-order valence-corrected chi connectivity index (χ4v) is 11.1. The molecule has 0 aromatic carbocycles. The third-order valence-electron chi connectivity index (χ3n) is 15.8. The Balaban J connectivity index is 4.09. The van der Waals surface area contributed by atoms with Crippen LogP contribution in [-0.2, 0) is 18.4 Å². The highest BCUT2D eigenvalue weighted by molar-refractivity contribution is 7.45. The van der Waals surface area contributed by atoms with Gasteiger partial charge in [-0.05, 0) is 57.8 Å². The largest absolute Gasteiger partial charge is 0.756 e. The predicted molar refractivity (Wildman–Crippen MR) is 344 cm³/mol. The zero-order chi connectivity index (χ0) is 57.7. The number of carbonyl (C=O) groups excluding carboxylic acids is 1. The average molecular weight is 1130 g/mol.